The molecule has 0 bridgehead atoms. The van der Waals surface area contributed by atoms with Crippen molar-refractivity contribution in [1.82, 2.24) is 0 Å². The molecule has 0 spiro atoms. The molecule has 0 saturated heterocycles. The van der Waals surface area contributed by atoms with E-state index in [2.05, 4.69) is 27.9 Å². The van der Waals surface area contributed by atoms with Gasteiger partial charge in [0, 0.05) is 6.42 Å². The maximum absolute atomic E-state index is 6.07. The van der Waals surface area contributed by atoms with Crippen LogP contribution in [-0.2, 0) is 0 Å². The molecule has 0 amide bonds. The first kappa shape index (κ1) is 11.9. The fourth-order valence-electron chi connectivity index (χ4n) is 1.19. The van der Waals surface area contributed by atoms with Crippen molar-refractivity contribution >= 4 is 0 Å². The summed E-state index contributed by atoms with van der Waals surface area (Å²) in [7, 11) is 4.41. The monoisotopic (exact) mass is 173 g/mol. The molecule has 0 saturated carbocycles. The van der Waals surface area contributed by atoms with Crippen LogP contribution in [0.15, 0.2) is 0 Å². The van der Waals surface area contributed by atoms with Crippen molar-refractivity contribution in [3.05, 3.63) is 0 Å². The average Bonchev–Trinajstić information content (AvgIpc) is 2.05. The molecule has 0 aliphatic carbocycles. The Labute approximate surface area is 77.3 Å². The lowest BCUT2D eigenvalue weighted by Gasteiger charge is -2.34. The van der Waals surface area contributed by atoms with Crippen LogP contribution in [0.4, 0.5) is 0 Å². The first-order valence-electron chi connectivity index (χ1n) is 5.12. The van der Waals surface area contributed by atoms with Crippen molar-refractivity contribution in [1.29, 1.82) is 0 Å². The number of quaternary nitrogens is 1. The Hall–Kier alpha value is -0.0800. The van der Waals surface area contributed by atoms with Crippen LogP contribution < -0.4 is 5.73 Å². The number of rotatable bonds is 6. The molecule has 0 aromatic carbocycles. The highest BCUT2D eigenvalue weighted by molar-refractivity contribution is 4.49. The van der Waals surface area contributed by atoms with Crippen LogP contribution in [0.2, 0.25) is 0 Å². The molecule has 12 heavy (non-hydrogen) atoms. The lowest BCUT2D eigenvalue weighted by atomic mass is 10.1. The minimum Gasteiger partial charge on any atom is -0.314 e. The summed E-state index contributed by atoms with van der Waals surface area (Å²) in [6.07, 6.45) is 5.36. The molecule has 1 atom stereocenters. The van der Waals surface area contributed by atoms with E-state index in [1.807, 2.05) is 0 Å². The first-order chi connectivity index (χ1) is 5.54. The molecule has 0 heterocycles. The van der Waals surface area contributed by atoms with E-state index in [0.717, 1.165) is 17.4 Å². The van der Waals surface area contributed by atoms with Crippen molar-refractivity contribution in [3.8, 4) is 0 Å². The van der Waals surface area contributed by atoms with Crippen molar-refractivity contribution < 1.29 is 4.48 Å². The SMILES string of the molecule is CCCCCC(N)[N+](C)(C)CC. The molecule has 74 valence electrons. The number of nitrogens with zero attached hydrogens (tertiary/aromatic N) is 1. The van der Waals surface area contributed by atoms with Gasteiger partial charge < -0.3 is 4.48 Å². The van der Waals surface area contributed by atoms with Crippen LogP contribution in [0.1, 0.15) is 39.5 Å². The minimum absolute atomic E-state index is 0.321. The van der Waals surface area contributed by atoms with Crippen LogP contribution >= 0.6 is 0 Å². The van der Waals surface area contributed by atoms with E-state index in [-0.39, 0.29) is 0 Å². The topological polar surface area (TPSA) is 26.0 Å². The van der Waals surface area contributed by atoms with Crippen LogP contribution in [0, 0.1) is 0 Å². The fourth-order valence-corrected chi connectivity index (χ4v) is 1.19. The highest BCUT2D eigenvalue weighted by atomic mass is 15.4. The molecule has 0 aromatic rings. The van der Waals surface area contributed by atoms with E-state index in [9.17, 15) is 0 Å². The highest BCUT2D eigenvalue weighted by Crippen LogP contribution is 2.09. The molecule has 0 radical (unpaired) electrons. The van der Waals surface area contributed by atoms with Crippen LogP contribution in [-0.4, -0.2) is 31.3 Å². The zero-order valence-corrected chi connectivity index (χ0v) is 9.14. The van der Waals surface area contributed by atoms with E-state index < -0.39 is 0 Å². The first-order valence-corrected chi connectivity index (χ1v) is 5.12. The molecule has 0 aliphatic rings. The molecule has 0 aliphatic heterocycles. The van der Waals surface area contributed by atoms with Gasteiger partial charge in [-0.2, -0.15) is 0 Å². The van der Waals surface area contributed by atoms with E-state index in [1.54, 1.807) is 0 Å². The van der Waals surface area contributed by atoms with E-state index in [4.69, 9.17) is 5.73 Å². The summed E-state index contributed by atoms with van der Waals surface area (Å²) in [6.45, 7) is 5.54. The molecular weight excluding hydrogens is 148 g/mol. The van der Waals surface area contributed by atoms with Gasteiger partial charge in [-0.05, 0) is 13.3 Å². The zero-order valence-electron chi connectivity index (χ0n) is 9.14. The van der Waals surface area contributed by atoms with Crippen molar-refractivity contribution in [3.63, 3.8) is 0 Å². The van der Waals surface area contributed by atoms with Gasteiger partial charge in [-0.1, -0.05) is 19.8 Å². The Bertz CT molecular complexity index is 110. The third kappa shape index (κ3) is 4.07. The summed E-state index contributed by atoms with van der Waals surface area (Å²) in [5.41, 5.74) is 6.07. The van der Waals surface area contributed by atoms with Gasteiger partial charge in [0.05, 0.1) is 20.6 Å². The highest BCUT2D eigenvalue weighted by Gasteiger charge is 2.20. The summed E-state index contributed by atoms with van der Waals surface area (Å²) in [5.74, 6) is 0. The van der Waals surface area contributed by atoms with Crippen LogP contribution in [0.5, 0.6) is 0 Å². The molecule has 0 fully saturated rings. The number of unbranched alkanes of at least 4 members (excludes halogenated alkanes) is 2. The largest absolute Gasteiger partial charge is 0.314 e. The lowest BCUT2D eigenvalue weighted by molar-refractivity contribution is -0.913. The van der Waals surface area contributed by atoms with E-state index >= 15 is 0 Å². The van der Waals surface area contributed by atoms with Crippen molar-refractivity contribution in [2.45, 2.75) is 45.7 Å². The average molecular weight is 173 g/mol. The molecule has 2 heteroatoms. The predicted octanol–water partition coefficient (Wildman–Crippen LogP) is 1.95. The Morgan fingerprint density at radius 2 is 1.75 bits per heavy atom. The fraction of sp³-hybridized carbons (Fsp3) is 1.00. The summed E-state index contributed by atoms with van der Waals surface area (Å²) in [6, 6.07) is 0. The predicted molar refractivity (Wildman–Crippen MR) is 54.8 cm³/mol. The van der Waals surface area contributed by atoms with Crippen LogP contribution in [0.3, 0.4) is 0 Å². The molecule has 0 aromatic heterocycles. The number of hydrogen-bond acceptors (Lipinski definition) is 1. The van der Waals surface area contributed by atoms with Gasteiger partial charge in [0.15, 0.2) is 0 Å². The van der Waals surface area contributed by atoms with Crippen molar-refractivity contribution in [2.75, 3.05) is 20.6 Å². The molecule has 2 nitrogen and oxygen atoms in total. The zero-order chi connectivity index (χ0) is 9.61. The summed E-state index contributed by atoms with van der Waals surface area (Å²) >= 11 is 0. The number of nitrogens with two attached hydrogens (primary N) is 1. The summed E-state index contributed by atoms with van der Waals surface area (Å²) < 4.78 is 0.948. The quantitative estimate of drug-likeness (QED) is 0.371. The maximum Gasteiger partial charge on any atom is 0.139 e. The second-order valence-corrected chi connectivity index (χ2v) is 4.16. The molecular formula is C10H25N2+. The second kappa shape index (κ2) is 5.55. The smallest absolute Gasteiger partial charge is 0.139 e. The maximum atomic E-state index is 6.07. The van der Waals surface area contributed by atoms with Gasteiger partial charge in [0.2, 0.25) is 0 Å². The normalized spacial score (nSPS) is 14.8. The van der Waals surface area contributed by atoms with Gasteiger partial charge >= 0.3 is 0 Å². The third-order valence-corrected chi connectivity index (χ3v) is 2.82. The molecule has 2 N–H and O–H groups in total. The number of hydrogen-bond donors (Lipinski definition) is 1. The van der Waals surface area contributed by atoms with Gasteiger partial charge in [-0.25, -0.2) is 0 Å². The van der Waals surface area contributed by atoms with Gasteiger partial charge in [-0.15, -0.1) is 0 Å². The third-order valence-electron chi connectivity index (χ3n) is 2.82. The molecule has 1 unspecified atom stereocenters. The lowest BCUT2D eigenvalue weighted by Crippen LogP contribution is -2.53. The van der Waals surface area contributed by atoms with Gasteiger partial charge in [0.25, 0.3) is 0 Å². The summed E-state index contributed by atoms with van der Waals surface area (Å²) in [4.78, 5) is 0. The molecule has 0 rings (SSSR count). The Kier molecular flexibility index (Phi) is 5.51. The second-order valence-electron chi connectivity index (χ2n) is 4.16. The van der Waals surface area contributed by atoms with E-state index in [1.165, 1.54) is 19.3 Å². The van der Waals surface area contributed by atoms with Crippen molar-refractivity contribution in [2.24, 2.45) is 5.73 Å². The minimum atomic E-state index is 0.321. The van der Waals surface area contributed by atoms with Crippen LogP contribution in [0.25, 0.3) is 0 Å². The Balaban J connectivity index is 3.63. The summed E-state index contributed by atoms with van der Waals surface area (Å²) in [5, 5.41) is 0. The Morgan fingerprint density at radius 1 is 1.17 bits per heavy atom. The Morgan fingerprint density at radius 3 is 2.17 bits per heavy atom. The van der Waals surface area contributed by atoms with E-state index in [0.29, 0.717) is 6.17 Å². The standard InChI is InChI=1S/C10H25N2/c1-5-7-8-9-10(11)12(3,4)6-2/h10H,5-9,11H2,1-4H3/q+1. The van der Waals surface area contributed by atoms with Gasteiger partial charge in [-0.3, -0.25) is 5.73 Å². The van der Waals surface area contributed by atoms with Gasteiger partial charge in [0.1, 0.15) is 6.17 Å².